The lowest BCUT2D eigenvalue weighted by Gasteiger charge is -2.53. The van der Waals surface area contributed by atoms with Crippen LogP contribution in [0.4, 0.5) is 0 Å². The molecule has 0 aromatic heterocycles. The number of hydrogen-bond acceptors (Lipinski definition) is 2. The third-order valence-electron chi connectivity index (χ3n) is 11.1. The summed E-state index contributed by atoms with van der Waals surface area (Å²) in [5, 5.41) is 5.21. The van der Waals surface area contributed by atoms with Crippen molar-refractivity contribution in [3.63, 3.8) is 0 Å². The lowest BCUT2D eigenvalue weighted by molar-refractivity contribution is -0.410. The Balaban J connectivity index is 0.000000134. The summed E-state index contributed by atoms with van der Waals surface area (Å²) in [4.78, 5) is 12.7. The van der Waals surface area contributed by atoms with Gasteiger partial charge < -0.3 is 0 Å². The van der Waals surface area contributed by atoms with Gasteiger partial charge in [-0.05, 0) is 54.9 Å². The lowest BCUT2D eigenvalue weighted by Crippen LogP contribution is -2.53. The number of rotatable bonds is 4. The highest BCUT2D eigenvalue weighted by Gasteiger charge is 2.60. The normalized spacial score (nSPS) is 18.0. The van der Waals surface area contributed by atoms with Crippen molar-refractivity contribution in [1.82, 2.24) is 0 Å². The second-order valence-electron chi connectivity index (χ2n) is 13.9. The standard InChI is InChI=1S/C26H18O2.C26H18/c1-3-11-19(12-4-1)25-21-15-7-9-17-23(21)26(28-27-25,20-13-5-2-6-14-20)24-18-10-8-16-22(24)25;1-3-11-19(12-4-1)25-21-15-7-9-17-23(21)26(20-13-5-2-6-14-20)24-18-10-8-16-22(24)25/h1-18H;1-18H. The first kappa shape index (κ1) is 32.1. The fourth-order valence-electron chi connectivity index (χ4n) is 8.81. The van der Waals surface area contributed by atoms with Gasteiger partial charge in [-0.2, -0.15) is 0 Å². The van der Waals surface area contributed by atoms with Crippen LogP contribution in [0.3, 0.4) is 0 Å². The molecule has 9 aromatic carbocycles. The molecular weight excluding hydrogens is 657 g/mol. The number of hydrogen-bond donors (Lipinski definition) is 0. The largest absolute Gasteiger partial charge is 0.214 e. The molecule has 0 saturated carbocycles. The molecule has 2 heterocycles. The molecule has 0 fully saturated rings. The van der Waals surface area contributed by atoms with Crippen LogP contribution in [0.5, 0.6) is 0 Å². The summed E-state index contributed by atoms with van der Waals surface area (Å²) in [5.41, 5.74) is 10.3. The van der Waals surface area contributed by atoms with Gasteiger partial charge >= 0.3 is 0 Å². The van der Waals surface area contributed by atoms with E-state index in [0.29, 0.717) is 0 Å². The van der Waals surface area contributed by atoms with Crippen molar-refractivity contribution in [2.75, 3.05) is 0 Å². The first-order chi connectivity index (χ1) is 26.8. The molecular formula is C52H36O2. The van der Waals surface area contributed by atoms with Gasteiger partial charge in [0.2, 0.25) is 0 Å². The van der Waals surface area contributed by atoms with E-state index in [-0.39, 0.29) is 0 Å². The van der Waals surface area contributed by atoms with E-state index in [1.165, 1.54) is 43.8 Å². The molecule has 9 aromatic rings. The Bertz CT molecular complexity index is 2460. The second-order valence-corrected chi connectivity index (χ2v) is 13.9. The maximum Gasteiger partial charge on any atom is 0.179 e. The minimum atomic E-state index is -0.773. The van der Waals surface area contributed by atoms with Gasteiger partial charge in [0.25, 0.3) is 0 Å². The highest BCUT2D eigenvalue weighted by Crippen LogP contribution is 2.61. The summed E-state index contributed by atoms with van der Waals surface area (Å²) < 4.78 is 0. The average Bonchev–Trinajstić information content (AvgIpc) is 3.27. The van der Waals surface area contributed by atoms with Crippen LogP contribution < -0.4 is 0 Å². The third kappa shape index (κ3) is 4.82. The monoisotopic (exact) mass is 692 g/mol. The predicted octanol–water partition coefficient (Wildman–Crippen LogP) is 12.9. The van der Waals surface area contributed by atoms with E-state index in [1.807, 2.05) is 36.4 Å². The fourth-order valence-corrected chi connectivity index (χ4v) is 8.81. The molecule has 0 radical (unpaired) electrons. The first-order valence-corrected chi connectivity index (χ1v) is 18.5. The van der Waals surface area contributed by atoms with E-state index in [9.17, 15) is 0 Å². The number of fused-ring (bicyclic) bond motifs is 3. The van der Waals surface area contributed by atoms with E-state index in [2.05, 4.69) is 182 Å². The van der Waals surface area contributed by atoms with Gasteiger partial charge in [-0.25, -0.2) is 9.78 Å². The number of benzene rings is 9. The predicted molar refractivity (Wildman–Crippen MR) is 220 cm³/mol. The van der Waals surface area contributed by atoms with Gasteiger partial charge in [0.1, 0.15) is 0 Å². The van der Waals surface area contributed by atoms with Crippen LogP contribution in [0, 0.1) is 0 Å². The van der Waals surface area contributed by atoms with Crippen molar-refractivity contribution < 1.29 is 9.78 Å². The van der Waals surface area contributed by atoms with E-state index in [0.717, 1.165) is 33.4 Å². The van der Waals surface area contributed by atoms with E-state index < -0.39 is 11.2 Å². The molecule has 2 heteroatoms. The van der Waals surface area contributed by atoms with Gasteiger partial charge in [0.15, 0.2) is 11.2 Å². The summed E-state index contributed by atoms with van der Waals surface area (Å²) in [7, 11) is 0. The van der Waals surface area contributed by atoms with Gasteiger partial charge in [0, 0.05) is 22.3 Å². The summed E-state index contributed by atoms with van der Waals surface area (Å²) in [5.74, 6) is 0. The second kappa shape index (κ2) is 13.1. The van der Waals surface area contributed by atoms with Crippen LogP contribution >= 0.6 is 0 Å². The summed E-state index contributed by atoms with van der Waals surface area (Å²) >= 11 is 0. The maximum absolute atomic E-state index is 6.36. The van der Waals surface area contributed by atoms with Crippen LogP contribution in [0.25, 0.3) is 43.8 Å². The Morgan fingerprint density at radius 2 is 0.481 bits per heavy atom. The molecule has 2 bridgehead atoms. The molecule has 0 saturated heterocycles. The molecule has 0 atom stereocenters. The molecule has 0 spiro atoms. The molecule has 2 nitrogen and oxygen atoms in total. The fraction of sp³-hybridized carbons (Fsp3) is 0.0385. The molecule has 0 unspecified atom stereocenters. The minimum absolute atomic E-state index is 0.773. The van der Waals surface area contributed by atoms with Crippen molar-refractivity contribution in [3.8, 4) is 22.3 Å². The molecule has 54 heavy (non-hydrogen) atoms. The van der Waals surface area contributed by atoms with Gasteiger partial charge in [-0.3, -0.25) is 0 Å². The van der Waals surface area contributed by atoms with E-state index in [4.69, 9.17) is 9.78 Å². The van der Waals surface area contributed by atoms with Crippen LogP contribution in [0.15, 0.2) is 218 Å². The summed E-state index contributed by atoms with van der Waals surface area (Å²) in [6, 6.07) is 76.6. The van der Waals surface area contributed by atoms with Crippen molar-refractivity contribution in [2.45, 2.75) is 11.2 Å². The first-order valence-electron chi connectivity index (χ1n) is 18.5. The Morgan fingerprint density at radius 3 is 0.778 bits per heavy atom. The van der Waals surface area contributed by atoms with Crippen LogP contribution in [0.1, 0.15) is 33.4 Å². The van der Waals surface area contributed by atoms with Gasteiger partial charge in [-0.1, -0.05) is 218 Å². The zero-order chi connectivity index (χ0) is 36.0. The van der Waals surface area contributed by atoms with Crippen molar-refractivity contribution in [2.24, 2.45) is 0 Å². The van der Waals surface area contributed by atoms with Crippen molar-refractivity contribution in [3.05, 3.63) is 252 Å². The minimum Gasteiger partial charge on any atom is -0.214 e. The summed E-state index contributed by atoms with van der Waals surface area (Å²) in [6.07, 6.45) is 0. The lowest BCUT2D eigenvalue weighted by atomic mass is 9.62. The molecule has 3 aliphatic rings. The van der Waals surface area contributed by atoms with E-state index >= 15 is 0 Å². The van der Waals surface area contributed by atoms with Crippen LogP contribution in [-0.2, 0) is 21.0 Å². The smallest absolute Gasteiger partial charge is 0.179 e. The maximum atomic E-state index is 6.36. The molecule has 2 aliphatic heterocycles. The Morgan fingerprint density at radius 1 is 0.241 bits per heavy atom. The van der Waals surface area contributed by atoms with Crippen LogP contribution in [0.2, 0.25) is 0 Å². The quantitative estimate of drug-likeness (QED) is 0.135. The highest BCUT2D eigenvalue weighted by atomic mass is 17.2. The molecule has 256 valence electrons. The van der Waals surface area contributed by atoms with Gasteiger partial charge in [0.05, 0.1) is 0 Å². The SMILES string of the molecule is c1ccc(-c2c3ccccc3c(-c3ccccc3)c3ccccc23)cc1.c1ccc(C23OOC(c4ccccc4)(c4ccccc42)c2ccccc23)cc1. The van der Waals surface area contributed by atoms with Crippen molar-refractivity contribution >= 4 is 21.5 Å². The van der Waals surface area contributed by atoms with Crippen molar-refractivity contribution in [1.29, 1.82) is 0 Å². The summed E-state index contributed by atoms with van der Waals surface area (Å²) in [6.45, 7) is 0. The average molecular weight is 693 g/mol. The Kier molecular flexibility index (Phi) is 7.80. The highest BCUT2D eigenvalue weighted by molar-refractivity contribution is 6.21. The zero-order valence-corrected chi connectivity index (χ0v) is 29.6. The zero-order valence-electron chi connectivity index (χ0n) is 29.6. The Hall–Kier alpha value is -6.58. The molecule has 1 aliphatic carbocycles. The van der Waals surface area contributed by atoms with E-state index in [1.54, 1.807) is 0 Å². The molecule has 0 N–H and O–H groups in total. The molecule has 12 rings (SSSR count). The van der Waals surface area contributed by atoms with Gasteiger partial charge in [-0.15, -0.1) is 0 Å². The Labute approximate surface area is 315 Å². The third-order valence-corrected chi connectivity index (χ3v) is 11.1. The topological polar surface area (TPSA) is 18.5 Å². The van der Waals surface area contributed by atoms with Crippen LogP contribution in [-0.4, -0.2) is 0 Å². The molecule has 0 amide bonds.